The van der Waals surface area contributed by atoms with Crippen molar-refractivity contribution in [3.63, 3.8) is 0 Å². The van der Waals surface area contributed by atoms with Crippen LogP contribution in [-0.4, -0.2) is 87.9 Å². The van der Waals surface area contributed by atoms with Crippen LogP contribution in [0.15, 0.2) is 12.4 Å². The average Bonchev–Trinajstić information content (AvgIpc) is 3.04. The fraction of sp³-hybridized carbons (Fsp3) is 0.765. The lowest BCUT2D eigenvalue weighted by Gasteiger charge is -2.26. The van der Waals surface area contributed by atoms with Gasteiger partial charge in [0.1, 0.15) is 5.82 Å². The number of rotatable bonds is 5. The van der Waals surface area contributed by atoms with Crippen molar-refractivity contribution in [3.8, 4) is 0 Å². The van der Waals surface area contributed by atoms with E-state index in [2.05, 4.69) is 15.2 Å². The fourth-order valence-corrected chi connectivity index (χ4v) is 3.54. The molecular weight excluding hydrogens is 322 g/mol. The second-order valence-corrected chi connectivity index (χ2v) is 6.96. The van der Waals surface area contributed by atoms with Gasteiger partial charge < -0.3 is 24.6 Å². The monoisotopic (exact) mass is 351 g/mol. The van der Waals surface area contributed by atoms with Crippen LogP contribution in [0.3, 0.4) is 0 Å². The Labute approximate surface area is 148 Å². The molecule has 0 bridgehead atoms. The summed E-state index contributed by atoms with van der Waals surface area (Å²) in [4.78, 5) is 20.0. The summed E-state index contributed by atoms with van der Waals surface area (Å²) in [6.07, 6.45) is 3.91. The third-order valence-corrected chi connectivity index (χ3v) is 5.20. The van der Waals surface area contributed by atoms with E-state index in [9.17, 15) is 9.90 Å². The minimum absolute atomic E-state index is 0.0811. The van der Waals surface area contributed by atoms with Crippen LogP contribution in [-0.2, 0) is 23.1 Å². The molecule has 8 nitrogen and oxygen atoms in total. The van der Waals surface area contributed by atoms with E-state index in [1.54, 1.807) is 13.1 Å². The number of amides is 1. The second kappa shape index (κ2) is 8.27. The lowest BCUT2D eigenvalue weighted by atomic mass is 10.1. The largest absolute Gasteiger partial charge is 0.389 e. The summed E-state index contributed by atoms with van der Waals surface area (Å²) in [6.45, 7) is 6.76. The van der Waals surface area contributed by atoms with Crippen molar-refractivity contribution < 1.29 is 14.6 Å². The number of aryl methyl sites for hydroxylation is 1. The lowest BCUT2D eigenvalue weighted by molar-refractivity contribution is -0.128. The van der Waals surface area contributed by atoms with Gasteiger partial charge in [0, 0.05) is 52.5 Å². The molecule has 2 N–H and O–H groups in total. The van der Waals surface area contributed by atoms with Gasteiger partial charge >= 0.3 is 0 Å². The molecule has 0 unspecified atom stereocenters. The predicted octanol–water partition coefficient (Wildman–Crippen LogP) is -0.808. The van der Waals surface area contributed by atoms with Gasteiger partial charge in [0.15, 0.2) is 0 Å². The zero-order chi connectivity index (χ0) is 17.8. The standard InChI is InChI=1S/C17H29N5O3/c1-13(23)22-6-3-5-21(8-9-22)11-15-17(24)14(12-25-15)19-10-16-18-4-7-20(16)2/h4,7,14-15,17,19,24H,3,5-6,8-12H2,1-2H3/t14-,15-,17+/m0/s1. The maximum atomic E-state index is 11.5. The SMILES string of the molecule is CC(=O)N1CCCN(C[C@@H]2OC[C@H](NCc3nccn3C)[C@H]2O)CC1. The van der Waals surface area contributed by atoms with E-state index in [4.69, 9.17) is 4.74 Å². The molecule has 3 heterocycles. The average molecular weight is 351 g/mol. The normalized spacial score (nSPS) is 28.3. The molecule has 1 aromatic heterocycles. The Morgan fingerprint density at radius 3 is 2.96 bits per heavy atom. The summed E-state index contributed by atoms with van der Waals surface area (Å²) >= 11 is 0. The van der Waals surface area contributed by atoms with Gasteiger partial charge in [-0.25, -0.2) is 4.98 Å². The maximum absolute atomic E-state index is 11.5. The van der Waals surface area contributed by atoms with Crippen LogP contribution in [0.25, 0.3) is 0 Å². The van der Waals surface area contributed by atoms with Crippen molar-refractivity contribution in [3.05, 3.63) is 18.2 Å². The molecule has 2 aliphatic rings. The molecule has 0 saturated carbocycles. The van der Waals surface area contributed by atoms with E-state index in [0.29, 0.717) is 19.7 Å². The van der Waals surface area contributed by atoms with Crippen molar-refractivity contribution in [2.75, 3.05) is 39.3 Å². The van der Waals surface area contributed by atoms with Crippen molar-refractivity contribution in [1.82, 2.24) is 24.7 Å². The molecule has 1 amide bonds. The highest BCUT2D eigenvalue weighted by molar-refractivity contribution is 5.73. The van der Waals surface area contributed by atoms with Gasteiger partial charge in [-0.15, -0.1) is 0 Å². The highest BCUT2D eigenvalue weighted by atomic mass is 16.5. The van der Waals surface area contributed by atoms with Crippen molar-refractivity contribution in [1.29, 1.82) is 0 Å². The number of carbonyl (C=O) groups excluding carboxylic acids is 1. The fourth-order valence-electron chi connectivity index (χ4n) is 3.54. The molecule has 8 heteroatoms. The smallest absolute Gasteiger partial charge is 0.219 e. The van der Waals surface area contributed by atoms with Crippen LogP contribution in [0.1, 0.15) is 19.2 Å². The first-order valence-corrected chi connectivity index (χ1v) is 9.01. The number of hydrogen-bond acceptors (Lipinski definition) is 6. The first-order chi connectivity index (χ1) is 12.0. The van der Waals surface area contributed by atoms with Crippen LogP contribution >= 0.6 is 0 Å². The molecule has 3 atom stereocenters. The molecule has 0 spiro atoms. The second-order valence-electron chi connectivity index (χ2n) is 6.96. The predicted molar refractivity (Wildman–Crippen MR) is 92.9 cm³/mol. The van der Waals surface area contributed by atoms with Gasteiger partial charge in [-0.3, -0.25) is 9.69 Å². The quantitative estimate of drug-likeness (QED) is 0.722. The van der Waals surface area contributed by atoms with Gasteiger partial charge in [0.25, 0.3) is 0 Å². The third-order valence-electron chi connectivity index (χ3n) is 5.20. The number of carbonyl (C=O) groups is 1. The van der Waals surface area contributed by atoms with Crippen LogP contribution < -0.4 is 5.32 Å². The summed E-state index contributed by atoms with van der Waals surface area (Å²) in [5.74, 6) is 1.07. The zero-order valence-corrected chi connectivity index (χ0v) is 15.1. The Balaban J connectivity index is 1.46. The highest BCUT2D eigenvalue weighted by Crippen LogP contribution is 2.17. The van der Waals surface area contributed by atoms with Crippen molar-refractivity contribution in [2.24, 2.45) is 7.05 Å². The van der Waals surface area contributed by atoms with Crippen LogP contribution in [0.5, 0.6) is 0 Å². The first-order valence-electron chi connectivity index (χ1n) is 9.01. The van der Waals surface area contributed by atoms with Crippen molar-refractivity contribution in [2.45, 2.75) is 38.1 Å². The van der Waals surface area contributed by atoms with E-state index in [0.717, 1.165) is 38.4 Å². The van der Waals surface area contributed by atoms with Gasteiger partial charge in [0.2, 0.25) is 5.91 Å². The molecule has 0 aromatic carbocycles. The van der Waals surface area contributed by atoms with Gasteiger partial charge in [-0.2, -0.15) is 0 Å². The molecule has 1 aromatic rings. The van der Waals surface area contributed by atoms with Gasteiger partial charge in [0.05, 0.1) is 31.4 Å². The van der Waals surface area contributed by atoms with Gasteiger partial charge in [-0.05, 0) is 13.0 Å². The molecular formula is C17H29N5O3. The number of hydrogen-bond donors (Lipinski definition) is 2. The number of aliphatic hydroxyl groups excluding tert-OH is 1. The maximum Gasteiger partial charge on any atom is 0.219 e. The minimum atomic E-state index is -0.535. The van der Waals surface area contributed by atoms with Crippen LogP contribution in [0.2, 0.25) is 0 Å². The third kappa shape index (κ3) is 4.58. The molecule has 3 rings (SSSR count). The Morgan fingerprint density at radius 2 is 2.24 bits per heavy atom. The zero-order valence-electron chi connectivity index (χ0n) is 15.1. The van der Waals surface area contributed by atoms with E-state index >= 15 is 0 Å². The van der Waals surface area contributed by atoms with E-state index in [-0.39, 0.29) is 18.1 Å². The Bertz CT molecular complexity index is 578. The number of aromatic nitrogens is 2. The topological polar surface area (TPSA) is 82.9 Å². The molecule has 25 heavy (non-hydrogen) atoms. The van der Waals surface area contributed by atoms with Crippen LogP contribution in [0.4, 0.5) is 0 Å². The van der Waals surface area contributed by atoms with Gasteiger partial charge in [-0.1, -0.05) is 0 Å². The van der Waals surface area contributed by atoms with Crippen LogP contribution in [0, 0.1) is 0 Å². The van der Waals surface area contributed by atoms with E-state index in [1.165, 1.54) is 0 Å². The number of imidazole rings is 1. The lowest BCUT2D eigenvalue weighted by Crippen LogP contribution is -2.45. The van der Waals surface area contributed by atoms with E-state index < -0.39 is 6.10 Å². The summed E-state index contributed by atoms with van der Waals surface area (Å²) in [5.41, 5.74) is 0. The molecule has 2 fully saturated rings. The number of ether oxygens (including phenoxy) is 1. The summed E-state index contributed by atoms with van der Waals surface area (Å²) in [7, 11) is 1.96. The van der Waals surface area contributed by atoms with Crippen molar-refractivity contribution >= 4 is 5.91 Å². The molecule has 140 valence electrons. The Kier molecular flexibility index (Phi) is 6.06. The number of aliphatic hydroxyl groups is 1. The summed E-state index contributed by atoms with van der Waals surface area (Å²) in [5, 5.41) is 13.9. The molecule has 0 radical (unpaired) electrons. The summed E-state index contributed by atoms with van der Waals surface area (Å²) < 4.78 is 7.80. The first kappa shape index (κ1) is 18.3. The Morgan fingerprint density at radius 1 is 1.40 bits per heavy atom. The highest BCUT2D eigenvalue weighted by Gasteiger charge is 2.36. The van der Waals surface area contributed by atoms with E-state index in [1.807, 2.05) is 22.7 Å². The molecule has 2 aliphatic heterocycles. The number of nitrogens with one attached hydrogen (secondary N) is 1. The molecule has 2 saturated heterocycles. The Hall–Kier alpha value is -1.48. The summed E-state index contributed by atoms with van der Waals surface area (Å²) in [6, 6.07) is -0.0811. The molecule has 0 aliphatic carbocycles. The minimum Gasteiger partial charge on any atom is -0.389 e. The number of nitrogens with zero attached hydrogens (tertiary/aromatic N) is 4.